The first-order valence-electron chi connectivity index (χ1n) is 4.81. The normalized spacial score (nSPS) is 14.0. The van der Waals surface area contributed by atoms with Crippen LogP contribution >= 0.6 is 15.9 Å². The van der Waals surface area contributed by atoms with Crippen molar-refractivity contribution in [1.82, 2.24) is 0 Å². The number of hydrogen-bond acceptors (Lipinski definition) is 2. The zero-order valence-electron chi connectivity index (χ0n) is 9.42. The highest BCUT2D eigenvalue weighted by molar-refractivity contribution is 9.09. The van der Waals surface area contributed by atoms with Gasteiger partial charge in [0.05, 0.1) is 17.5 Å². The summed E-state index contributed by atoms with van der Waals surface area (Å²) in [7, 11) is 1.37. The Labute approximate surface area is 99.8 Å². The van der Waals surface area contributed by atoms with Crippen LogP contribution in [0.15, 0.2) is 36.0 Å². The lowest BCUT2D eigenvalue weighted by Crippen LogP contribution is -2.06. The summed E-state index contributed by atoms with van der Waals surface area (Å²) in [6, 6.07) is 0. The number of halogens is 1. The number of hydrogen-bond donors (Lipinski definition) is 0. The summed E-state index contributed by atoms with van der Waals surface area (Å²) in [5.41, 5.74) is 1.57. The number of rotatable bonds is 5. The second kappa shape index (κ2) is 7.46. The predicted molar refractivity (Wildman–Crippen MR) is 67.1 cm³/mol. The van der Waals surface area contributed by atoms with Gasteiger partial charge >= 0.3 is 5.97 Å². The van der Waals surface area contributed by atoms with Crippen molar-refractivity contribution in [2.24, 2.45) is 0 Å². The van der Waals surface area contributed by atoms with E-state index in [4.69, 9.17) is 0 Å². The molecule has 0 aliphatic rings. The van der Waals surface area contributed by atoms with Crippen LogP contribution in [0.1, 0.15) is 20.3 Å². The van der Waals surface area contributed by atoms with Gasteiger partial charge in [-0.1, -0.05) is 53.2 Å². The third-order valence-corrected chi connectivity index (χ3v) is 2.85. The fraction of sp³-hybridized carbons (Fsp3) is 0.417. The molecule has 1 unspecified atom stereocenters. The Morgan fingerprint density at radius 2 is 2.20 bits per heavy atom. The van der Waals surface area contributed by atoms with E-state index in [2.05, 4.69) is 27.2 Å². The molecule has 0 radical (unpaired) electrons. The smallest absolute Gasteiger partial charge is 0.337 e. The average molecular weight is 273 g/mol. The fourth-order valence-corrected chi connectivity index (χ4v) is 1.57. The number of esters is 1. The predicted octanol–water partition coefficient (Wildman–Crippen LogP) is 3.39. The summed E-state index contributed by atoms with van der Waals surface area (Å²) in [4.78, 5) is 11.4. The Bertz CT molecular complexity index is 290. The van der Waals surface area contributed by atoms with Gasteiger partial charge in [-0.3, -0.25) is 0 Å². The van der Waals surface area contributed by atoms with E-state index >= 15 is 0 Å². The van der Waals surface area contributed by atoms with E-state index in [1.54, 1.807) is 18.2 Å². The quantitative estimate of drug-likeness (QED) is 0.252. The largest absolute Gasteiger partial charge is 0.465 e. The Morgan fingerprint density at radius 1 is 1.60 bits per heavy atom. The van der Waals surface area contributed by atoms with E-state index < -0.39 is 0 Å². The Balaban J connectivity index is 4.83. The van der Waals surface area contributed by atoms with Crippen molar-refractivity contribution in [2.75, 3.05) is 7.11 Å². The molecule has 0 aromatic carbocycles. The van der Waals surface area contributed by atoms with Crippen molar-refractivity contribution in [3.63, 3.8) is 0 Å². The molecule has 0 bridgehead atoms. The number of alkyl halides is 1. The summed E-state index contributed by atoms with van der Waals surface area (Å²) < 4.78 is 4.67. The zero-order valence-corrected chi connectivity index (χ0v) is 11.0. The van der Waals surface area contributed by atoms with E-state index in [-0.39, 0.29) is 10.8 Å². The molecule has 0 heterocycles. The van der Waals surface area contributed by atoms with Crippen LogP contribution in [0.5, 0.6) is 0 Å². The van der Waals surface area contributed by atoms with Gasteiger partial charge in [-0.25, -0.2) is 4.79 Å². The maximum absolute atomic E-state index is 11.4. The number of carbonyl (C=O) groups excluding carboxylic acids is 1. The van der Waals surface area contributed by atoms with Gasteiger partial charge in [-0.2, -0.15) is 0 Å². The van der Waals surface area contributed by atoms with Crippen LogP contribution in [-0.4, -0.2) is 17.9 Å². The lowest BCUT2D eigenvalue weighted by Gasteiger charge is -2.08. The first kappa shape index (κ1) is 14.2. The Hall–Kier alpha value is -0.830. The molecule has 2 nitrogen and oxygen atoms in total. The highest BCUT2D eigenvalue weighted by Crippen LogP contribution is 2.17. The summed E-state index contributed by atoms with van der Waals surface area (Å²) in [6.45, 7) is 7.79. The van der Waals surface area contributed by atoms with Gasteiger partial charge in [0.1, 0.15) is 0 Å². The van der Waals surface area contributed by atoms with Crippen molar-refractivity contribution in [1.29, 1.82) is 0 Å². The first-order valence-corrected chi connectivity index (χ1v) is 5.72. The van der Waals surface area contributed by atoms with Gasteiger partial charge in [0.25, 0.3) is 0 Å². The molecule has 0 aromatic heterocycles. The minimum atomic E-state index is -0.332. The number of carbonyl (C=O) groups is 1. The topological polar surface area (TPSA) is 26.3 Å². The van der Waals surface area contributed by atoms with Crippen molar-refractivity contribution in [3.8, 4) is 0 Å². The standard InChI is InChI=1S/C12H17BrO2/c1-5-7-10(12(14)15-4)8-11(13)9(3)6-2/h5,7-8,11H,3,6H2,1-2,4H3/b7-5+,10-8+. The first-order chi connectivity index (χ1) is 7.06. The molecule has 0 saturated carbocycles. The molecule has 0 aromatic rings. The highest BCUT2D eigenvalue weighted by Gasteiger charge is 2.10. The van der Waals surface area contributed by atoms with Crippen LogP contribution in [-0.2, 0) is 9.53 Å². The van der Waals surface area contributed by atoms with Crippen LogP contribution in [0.4, 0.5) is 0 Å². The SMILES string of the molecule is C=C(CC)C(Br)/C=C(\C=C\C)C(=O)OC. The van der Waals surface area contributed by atoms with Gasteiger partial charge in [-0.15, -0.1) is 0 Å². The number of methoxy groups -OCH3 is 1. The van der Waals surface area contributed by atoms with Crippen molar-refractivity contribution >= 4 is 21.9 Å². The molecule has 0 amide bonds. The minimum Gasteiger partial charge on any atom is -0.465 e. The zero-order chi connectivity index (χ0) is 11.8. The lowest BCUT2D eigenvalue weighted by molar-refractivity contribution is -0.135. The summed E-state index contributed by atoms with van der Waals surface area (Å²) >= 11 is 3.45. The van der Waals surface area contributed by atoms with Gasteiger partial charge < -0.3 is 4.74 Å². The maximum atomic E-state index is 11.4. The van der Waals surface area contributed by atoms with Crippen LogP contribution in [0.2, 0.25) is 0 Å². The molecule has 3 heteroatoms. The maximum Gasteiger partial charge on any atom is 0.337 e. The van der Waals surface area contributed by atoms with Crippen LogP contribution in [0, 0.1) is 0 Å². The average Bonchev–Trinajstić information content (AvgIpc) is 2.26. The van der Waals surface area contributed by atoms with E-state index in [1.807, 2.05) is 13.8 Å². The molecule has 84 valence electrons. The van der Waals surface area contributed by atoms with Crippen molar-refractivity contribution in [2.45, 2.75) is 25.1 Å². The molecule has 1 atom stereocenters. The summed E-state index contributed by atoms with van der Waals surface area (Å²) in [5, 5.41) is 0. The molecule has 0 aliphatic carbocycles. The second-order valence-corrected chi connectivity index (χ2v) is 4.01. The van der Waals surface area contributed by atoms with E-state index in [0.717, 1.165) is 12.0 Å². The number of ether oxygens (including phenoxy) is 1. The van der Waals surface area contributed by atoms with E-state index in [0.29, 0.717) is 5.57 Å². The molecule has 0 rings (SSSR count). The van der Waals surface area contributed by atoms with Crippen LogP contribution in [0.3, 0.4) is 0 Å². The number of allylic oxidation sites excluding steroid dienone is 3. The molecule has 0 fully saturated rings. The molecule has 0 N–H and O–H groups in total. The second-order valence-electron chi connectivity index (χ2n) is 3.03. The van der Waals surface area contributed by atoms with Crippen molar-refractivity contribution < 1.29 is 9.53 Å². The monoisotopic (exact) mass is 272 g/mol. The van der Waals surface area contributed by atoms with Gasteiger partial charge in [0.15, 0.2) is 0 Å². The van der Waals surface area contributed by atoms with Crippen molar-refractivity contribution in [3.05, 3.63) is 36.0 Å². The van der Waals surface area contributed by atoms with Gasteiger partial charge in [0.2, 0.25) is 0 Å². The third kappa shape index (κ3) is 4.98. The van der Waals surface area contributed by atoms with Crippen LogP contribution in [0.25, 0.3) is 0 Å². The fourth-order valence-electron chi connectivity index (χ4n) is 0.960. The van der Waals surface area contributed by atoms with Gasteiger partial charge in [0, 0.05) is 0 Å². The van der Waals surface area contributed by atoms with Crippen LogP contribution < -0.4 is 0 Å². The minimum absolute atomic E-state index is 0.00722. The Kier molecular flexibility index (Phi) is 7.05. The summed E-state index contributed by atoms with van der Waals surface area (Å²) in [5.74, 6) is -0.332. The third-order valence-electron chi connectivity index (χ3n) is 1.94. The molecule has 15 heavy (non-hydrogen) atoms. The molecular formula is C12H17BrO2. The molecule has 0 saturated heterocycles. The highest BCUT2D eigenvalue weighted by atomic mass is 79.9. The summed E-state index contributed by atoms with van der Waals surface area (Å²) in [6.07, 6.45) is 6.20. The molecule has 0 spiro atoms. The lowest BCUT2D eigenvalue weighted by atomic mass is 10.1. The van der Waals surface area contributed by atoms with E-state index in [1.165, 1.54) is 7.11 Å². The van der Waals surface area contributed by atoms with E-state index in [9.17, 15) is 4.79 Å². The van der Waals surface area contributed by atoms with Gasteiger partial charge in [-0.05, 0) is 13.3 Å². The Morgan fingerprint density at radius 3 is 2.60 bits per heavy atom. The molecular weight excluding hydrogens is 256 g/mol. The molecule has 0 aliphatic heterocycles.